The number of pyridine rings is 1. The first-order valence-electron chi connectivity index (χ1n) is 11.9. The quantitative estimate of drug-likeness (QED) is 0.318. The first-order valence-corrected chi connectivity index (χ1v) is 12.4. The van der Waals surface area contributed by atoms with Crippen molar-refractivity contribution in [3.05, 3.63) is 59.9 Å². The lowest BCUT2D eigenvalue weighted by Crippen LogP contribution is -2.54. The number of carbonyl (C=O) groups is 1. The molecule has 1 fully saturated rings. The number of alkyl halides is 1. The number of hydrogen-bond donors (Lipinski definition) is 3. The van der Waals surface area contributed by atoms with Gasteiger partial charge in [-0.05, 0) is 32.0 Å². The number of amides is 1. The number of nitrogens with zero attached hydrogens (tertiary/aromatic N) is 6. The lowest BCUT2D eigenvalue weighted by molar-refractivity contribution is -0.130. The molecule has 1 aromatic carbocycles. The second-order valence-corrected chi connectivity index (χ2v) is 9.12. The van der Waals surface area contributed by atoms with E-state index in [2.05, 4.69) is 30.2 Å². The van der Waals surface area contributed by atoms with Crippen molar-refractivity contribution < 1.29 is 13.9 Å². The lowest BCUT2D eigenvalue weighted by atomic mass is 10.1. The Morgan fingerprint density at radius 3 is 2.89 bits per heavy atom. The third-order valence-corrected chi connectivity index (χ3v) is 6.53. The van der Waals surface area contributed by atoms with Gasteiger partial charge in [-0.1, -0.05) is 0 Å². The molecule has 3 aromatic heterocycles. The van der Waals surface area contributed by atoms with Gasteiger partial charge in [-0.2, -0.15) is 0 Å². The van der Waals surface area contributed by atoms with Crippen LogP contribution in [0.4, 0.5) is 21.8 Å². The topological polar surface area (TPSA) is 136 Å². The van der Waals surface area contributed by atoms with Crippen molar-refractivity contribution in [3.8, 4) is 11.5 Å². The SMILES string of the molecule is Cc1c(Oc2cc[nH]c(=N)c2)ccc(Nc2ncnc3cnc(N4CCN(C(=O)CCl)[C@H](C)C4)nc23)c1F. The number of benzene rings is 1. The Labute approximate surface area is 222 Å². The van der Waals surface area contributed by atoms with Crippen LogP contribution in [0.2, 0.25) is 0 Å². The van der Waals surface area contributed by atoms with Crippen LogP contribution in [0.15, 0.2) is 43.0 Å². The van der Waals surface area contributed by atoms with Gasteiger partial charge in [0.05, 0.1) is 11.9 Å². The molecular weight excluding hydrogens is 513 g/mol. The zero-order chi connectivity index (χ0) is 26.8. The summed E-state index contributed by atoms with van der Waals surface area (Å²) in [5.41, 5.74) is 1.60. The van der Waals surface area contributed by atoms with Crippen LogP contribution in [0.5, 0.6) is 11.5 Å². The highest BCUT2D eigenvalue weighted by atomic mass is 35.5. The fourth-order valence-electron chi connectivity index (χ4n) is 4.31. The van der Waals surface area contributed by atoms with Gasteiger partial charge >= 0.3 is 0 Å². The van der Waals surface area contributed by atoms with E-state index in [9.17, 15) is 4.79 Å². The molecule has 1 aliphatic heterocycles. The number of carbonyl (C=O) groups excluding carboxylic acids is 1. The molecule has 0 radical (unpaired) electrons. The van der Waals surface area contributed by atoms with Crippen molar-refractivity contribution in [2.24, 2.45) is 0 Å². The van der Waals surface area contributed by atoms with Crippen molar-refractivity contribution in [3.63, 3.8) is 0 Å². The van der Waals surface area contributed by atoms with E-state index in [4.69, 9.17) is 21.7 Å². The van der Waals surface area contributed by atoms with Gasteiger partial charge in [-0.3, -0.25) is 10.2 Å². The molecule has 1 aliphatic rings. The number of hydrogen-bond acceptors (Lipinski definition) is 9. The predicted octanol–water partition coefficient (Wildman–Crippen LogP) is 3.49. The molecule has 0 aliphatic carbocycles. The standard InChI is InChI=1S/C25H25ClFN9O2/c1-14-12-35(7-8-36(14)21(37)10-26)25-30-11-18-23(34-25)24(32-13-31-18)33-17-3-4-19(15(2)22(17)27)38-16-5-6-29-20(28)9-16/h3-6,9,11,13-14H,7-8,10,12H2,1-2H3,(H2,28,29)(H,31,32,33)/t14-/m1/s1. The van der Waals surface area contributed by atoms with Crippen LogP contribution in [-0.4, -0.2) is 67.3 Å². The van der Waals surface area contributed by atoms with E-state index in [-0.39, 0.29) is 29.0 Å². The van der Waals surface area contributed by atoms with Crippen molar-refractivity contribution >= 4 is 46.0 Å². The maximum absolute atomic E-state index is 15.4. The highest BCUT2D eigenvalue weighted by molar-refractivity contribution is 6.27. The zero-order valence-corrected chi connectivity index (χ0v) is 21.5. The third-order valence-electron chi connectivity index (χ3n) is 6.30. The number of anilines is 3. The van der Waals surface area contributed by atoms with E-state index in [0.29, 0.717) is 59.5 Å². The zero-order valence-electron chi connectivity index (χ0n) is 20.7. The molecule has 11 nitrogen and oxygen atoms in total. The molecule has 13 heteroatoms. The summed E-state index contributed by atoms with van der Waals surface area (Å²) in [4.78, 5) is 36.2. The average molecular weight is 538 g/mol. The van der Waals surface area contributed by atoms with Crippen LogP contribution >= 0.6 is 11.6 Å². The summed E-state index contributed by atoms with van der Waals surface area (Å²) in [7, 11) is 0. The van der Waals surface area contributed by atoms with Crippen LogP contribution in [-0.2, 0) is 4.79 Å². The fraction of sp³-hybridized carbons (Fsp3) is 0.280. The average Bonchev–Trinajstić information content (AvgIpc) is 2.92. The van der Waals surface area contributed by atoms with Crippen molar-refractivity contribution in [1.29, 1.82) is 5.41 Å². The van der Waals surface area contributed by atoms with E-state index in [1.807, 2.05) is 11.8 Å². The van der Waals surface area contributed by atoms with E-state index < -0.39 is 5.82 Å². The molecule has 0 saturated carbocycles. The Kier molecular flexibility index (Phi) is 7.05. The molecule has 4 aromatic rings. The van der Waals surface area contributed by atoms with Crippen molar-refractivity contribution in [2.45, 2.75) is 19.9 Å². The summed E-state index contributed by atoms with van der Waals surface area (Å²) < 4.78 is 21.1. The van der Waals surface area contributed by atoms with Crippen molar-refractivity contribution in [1.82, 2.24) is 29.8 Å². The molecule has 0 bridgehead atoms. The number of piperazine rings is 1. The highest BCUT2D eigenvalue weighted by Gasteiger charge is 2.28. The second kappa shape index (κ2) is 10.6. The van der Waals surface area contributed by atoms with E-state index in [1.165, 1.54) is 12.4 Å². The Bertz CT molecular complexity index is 1560. The summed E-state index contributed by atoms with van der Waals surface area (Å²) in [6.45, 7) is 5.16. The summed E-state index contributed by atoms with van der Waals surface area (Å²) in [5.74, 6) is 0.883. The van der Waals surface area contributed by atoms with Crippen LogP contribution in [0, 0.1) is 18.2 Å². The summed E-state index contributed by atoms with van der Waals surface area (Å²) >= 11 is 5.73. The summed E-state index contributed by atoms with van der Waals surface area (Å²) in [6.07, 6.45) is 4.54. The smallest absolute Gasteiger partial charge is 0.237 e. The first kappa shape index (κ1) is 25.3. The van der Waals surface area contributed by atoms with Gasteiger partial charge < -0.3 is 24.8 Å². The Balaban J connectivity index is 1.40. The minimum atomic E-state index is -0.508. The molecular formula is C25H25ClFN9O2. The van der Waals surface area contributed by atoms with E-state index in [0.717, 1.165) is 0 Å². The van der Waals surface area contributed by atoms with E-state index >= 15 is 4.39 Å². The number of H-pyrrole nitrogens is 1. The van der Waals surface area contributed by atoms with Crippen LogP contribution < -0.4 is 20.4 Å². The number of aromatic amines is 1. The minimum absolute atomic E-state index is 0.0522. The molecule has 3 N–H and O–H groups in total. The number of aromatic nitrogens is 5. The summed E-state index contributed by atoms with van der Waals surface area (Å²) in [5, 5.41) is 10.7. The Morgan fingerprint density at radius 1 is 1.29 bits per heavy atom. The molecule has 1 atom stereocenters. The molecule has 5 rings (SSSR count). The molecule has 0 unspecified atom stereocenters. The van der Waals surface area contributed by atoms with Crippen LogP contribution in [0.3, 0.4) is 0 Å². The molecule has 38 heavy (non-hydrogen) atoms. The van der Waals surface area contributed by atoms with Gasteiger partial charge in [0.15, 0.2) is 11.6 Å². The van der Waals surface area contributed by atoms with Crippen LogP contribution in [0.1, 0.15) is 12.5 Å². The predicted molar refractivity (Wildman–Crippen MR) is 140 cm³/mol. The molecule has 4 heterocycles. The lowest BCUT2D eigenvalue weighted by Gasteiger charge is -2.39. The number of rotatable bonds is 6. The van der Waals surface area contributed by atoms with Gasteiger partial charge in [0.2, 0.25) is 11.9 Å². The number of fused-ring (bicyclic) bond motifs is 1. The first-order chi connectivity index (χ1) is 18.3. The number of nitrogens with one attached hydrogen (secondary N) is 3. The maximum Gasteiger partial charge on any atom is 0.237 e. The maximum atomic E-state index is 15.4. The molecule has 1 saturated heterocycles. The van der Waals surface area contributed by atoms with Gasteiger partial charge in [0.25, 0.3) is 0 Å². The third kappa shape index (κ3) is 5.07. The molecule has 0 spiro atoms. The minimum Gasteiger partial charge on any atom is -0.457 e. The molecule has 1 amide bonds. The monoisotopic (exact) mass is 537 g/mol. The highest BCUT2D eigenvalue weighted by Crippen LogP contribution is 2.32. The Morgan fingerprint density at radius 2 is 2.13 bits per heavy atom. The van der Waals surface area contributed by atoms with Crippen LogP contribution in [0.25, 0.3) is 11.0 Å². The number of ether oxygens (including phenoxy) is 1. The largest absolute Gasteiger partial charge is 0.457 e. The van der Waals surface area contributed by atoms with Gasteiger partial charge in [0, 0.05) is 43.5 Å². The normalized spacial score (nSPS) is 15.5. The Hall–Kier alpha value is -4.32. The molecule has 196 valence electrons. The number of halogens is 2. The van der Waals surface area contributed by atoms with E-state index in [1.54, 1.807) is 42.4 Å². The van der Waals surface area contributed by atoms with Gasteiger partial charge in [0.1, 0.15) is 40.2 Å². The van der Waals surface area contributed by atoms with Crippen molar-refractivity contribution in [2.75, 3.05) is 35.7 Å². The van der Waals surface area contributed by atoms with Gasteiger partial charge in [-0.15, -0.1) is 11.6 Å². The second-order valence-electron chi connectivity index (χ2n) is 8.86. The summed E-state index contributed by atoms with van der Waals surface area (Å²) in [6, 6.07) is 6.30. The van der Waals surface area contributed by atoms with Gasteiger partial charge in [-0.25, -0.2) is 24.3 Å². The fourth-order valence-corrected chi connectivity index (χ4v) is 4.47.